The number of aliphatic imine (C=N–C) groups is 1. The zero-order valence-corrected chi connectivity index (χ0v) is 16.7. The summed E-state index contributed by atoms with van der Waals surface area (Å²) in [4.78, 5) is 12.2. The lowest BCUT2D eigenvalue weighted by Gasteiger charge is -2.24. The molecule has 0 aliphatic heterocycles. The molecule has 0 saturated heterocycles. The predicted molar refractivity (Wildman–Crippen MR) is 103 cm³/mol. The van der Waals surface area contributed by atoms with Crippen molar-refractivity contribution in [2.24, 2.45) is 4.99 Å². The molecule has 0 fully saturated rings. The topological polar surface area (TPSA) is 103 Å². The van der Waals surface area contributed by atoms with Crippen molar-refractivity contribution in [2.45, 2.75) is 26.4 Å². The van der Waals surface area contributed by atoms with Crippen molar-refractivity contribution in [3.63, 3.8) is 0 Å². The van der Waals surface area contributed by atoms with Gasteiger partial charge in [0.15, 0.2) is 11.5 Å². The zero-order chi connectivity index (χ0) is 19.9. The first-order valence-electron chi connectivity index (χ1n) is 8.50. The summed E-state index contributed by atoms with van der Waals surface area (Å²) < 4.78 is 29.7. The van der Waals surface area contributed by atoms with Gasteiger partial charge in [0.05, 0.1) is 38.4 Å². The highest BCUT2D eigenvalue weighted by Crippen LogP contribution is 2.60. The molecule has 0 spiro atoms. The fourth-order valence-corrected chi connectivity index (χ4v) is 4.38. The van der Waals surface area contributed by atoms with Crippen LogP contribution >= 0.6 is 7.60 Å². The first kappa shape index (κ1) is 21.0. The predicted octanol–water partition coefficient (Wildman–Crippen LogP) is 4.21. The minimum Gasteiger partial charge on any atom is -0.504 e. The number of ether oxygens (including phenoxy) is 1. The number of aromatic hydroxyl groups is 1. The summed E-state index contributed by atoms with van der Waals surface area (Å²) in [6, 6.07) is 3.31. The largest absolute Gasteiger partial charge is 0.504 e. The van der Waals surface area contributed by atoms with Crippen LogP contribution in [0.2, 0.25) is 0 Å². The third kappa shape index (κ3) is 5.13. The maximum Gasteiger partial charge on any atom is 0.343 e. The number of hydrogen-bond acceptors (Lipinski definition) is 8. The Labute approximate surface area is 158 Å². The van der Waals surface area contributed by atoms with E-state index in [-0.39, 0.29) is 24.7 Å². The number of methoxy groups -OCH3 is 1. The molecule has 0 bridgehead atoms. The van der Waals surface area contributed by atoms with Gasteiger partial charge in [0.1, 0.15) is 12.0 Å². The normalized spacial score (nSPS) is 13.0. The highest BCUT2D eigenvalue weighted by Gasteiger charge is 2.36. The van der Waals surface area contributed by atoms with Gasteiger partial charge in [-0.2, -0.15) is 0 Å². The Morgan fingerprint density at radius 3 is 2.41 bits per heavy atom. The molecule has 1 aromatic heterocycles. The fraction of sp³-hybridized carbons (Fsp3) is 0.389. The second-order valence-electron chi connectivity index (χ2n) is 5.58. The third-order valence-corrected chi connectivity index (χ3v) is 6.07. The standard InChI is InChI=1S/C18H24N3O5P/c1-5-25-27(23,26-6-2)17(11-21-15-9-19-12-20-10-15)14-7-13(3)18(22)16(8-14)24-4/h7-12,17,22H,5-6H2,1-4H3. The van der Waals surface area contributed by atoms with Crippen molar-refractivity contribution in [1.82, 2.24) is 9.97 Å². The van der Waals surface area contributed by atoms with E-state index in [1.54, 1.807) is 32.9 Å². The van der Waals surface area contributed by atoms with Crippen molar-refractivity contribution in [1.29, 1.82) is 0 Å². The average molecular weight is 393 g/mol. The summed E-state index contributed by atoms with van der Waals surface area (Å²) in [5, 5.41) is 10.1. The van der Waals surface area contributed by atoms with Crippen LogP contribution in [-0.2, 0) is 13.6 Å². The highest BCUT2D eigenvalue weighted by atomic mass is 31.2. The number of hydrogen-bond donors (Lipinski definition) is 1. The molecule has 0 aliphatic carbocycles. The number of aryl methyl sites for hydroxylation is 1. The van der Waals surface area contributed by atoms with Gasteiger partial charge >= 0.3 is 7.60 Å². The minimum atomic E-state index is -3.58. The molecule has 1 unspecified atom stereocenters. The quantitative estimate of drug-likeness (QED) is 0.503. The summed E-state index contributed by atoms with van der Waals surface area (Å²) in [7, 11) is -2.13. The Morgan fingerprint density at radius 1 is 1.22 bits per heavy atom. The van der Waals surface area contributed by atoms with Crippen molar-refractivity contribution >= 4 is 19.5 Å². The number of rotatable bonds is 9. The van der Waals surface area contributed by atoms with Gasteiger partial charge in [-0.3, -0.25) is 9.56 Å². The van der Waals surface area contributed by atoms with E-state index in [2.05, 4.69) is 15.0 Å². The van der Waals surface area contributed by atoms with Gasteiger partial charge in [0.2, 0.25) is 0 Å². The fourth-order valence-electron chi connectivity index (χ4n) is 2.52. The van der Waals surface area contributed by atoms with Gasteiger partial charge in [-0.1, -0.05) is 6.07 Å². The molecule has 1 atom stereocenters. The molecular formula is C18H24N3O5P. The van der Waals surface area contributed by atoms with E-state index in [1.165, 1.54) is 32.0 Å². The molecule has 9 heteroatoms. The van der Waals surface area contributed by atoms with E-state index in [1.807, 2.05) is 0 Å². The highest BCUT2D eigenvalue weighted by molar-refractivity contribution is 7.55. The molecule has 1 N–H and O–H groups in total. The van der Waals surface area contributed by atoms with Crippen LogP contribution in [-0.4, -0.2) is 41.6 Å². The number of nitrogens with zero attached hydrogens (tertiary/aromatic N) is 3. The van der Waals surface area contributed by atoms with Crippen LogP contribution < -0.4 is 4.74 Å². The van der Waals surface area contributed by atoms with E-state index in [0.29, 0.717) is 16.8 Å². The van der Waals surface area contributed by atoms with Gasteiger partial charge < -0.3 is 18.9 Å². The molecule has 146 valence electrons. The molecule has 0 saturated carbocycles. The number of benzene rings is 1. The van der Waals surface area contributed by atoms with Crippen molar-refractivity contribution < 1.29 is 23.5 Å². The summed E-state index contributed by atoms with van der Waals surface area (Å²) in [5.74, 6) is 0.294. The van der Waals surface area contributed by atoms with Crippen LogP contribution in [0.25, 0.3) is 0 Å². The lowest BCUT2D eigenvalue weighted by Crippen LogP contribution is -2.09. The summed E-state index contributed by atoms with van der Waals surface area (Å²) in [6.07, 6.45) is 5.97. The lowest BCUT2D eigenvalue weighted by atomic mass is 10.1. The van der Waals surface area contributed by atoms with E-state index in [0.717, 1.165) is 0 Å². The van der Waals surface area contributed by atoms with Gasteiger partial charge in [0.25, 0.3) is 0 Å². The van der Waals surface area contributed by atoms with Crippen LogP contribution in [0.3, 0.4) is 0 Å². The molecule has 0 aliphatic rings. The minimum absolute atomic E-state index is 0.0241. The van der Waals surface area contributed by atoms with Crippen molar-refractivity contribution in [2.75, 3.05) is 20.3 Å². The van der Waals surface area contributed by atoms with E-state index >= 15 is 0 Å². The van der Waals surface area contributed by atoms with Gasteiger partial charge in [-0.15, -0.1) is 0 Å². The second-order valence-corrected chi connectivity index (χ2v) is 7.74. The Kier molecular flexibility index (Phi) is 7.47. The number of phenols is 1. The Hall–Kier alpha value is -2.28. The van der Waals surface area contributed by atoms with E-state index in [4.69, 9.17) is 13.8 Å². The first-order valence-corrected chi connectivity index (χ1v) is 10.1. The maximum absolute atomic E-state index is 13.5. The molecule has 2 aromatic rings. The SMILES string of the molecule is CCOP(=O)(OCC)C(C=Nc1cncnc1)c1cc(C)c(O)c(OC)c1. The maximum atomic E-state index is 13.5. The van der Waals surface area contributed by atoms with Crippen molar-refractivity contribution in [3.05, 3.63) is 42.0 Å². The van der Waals surface area contributed by atoms with Crippen LogP contribution in [0.4, 0.5) is 5.69 Å². The molecule has 8 nitrogen and oxygen atoms in total. The second kappa shape index (κ2) is 9.60. The molecule has 1 aromatic carbocycles. The van der Waals surface area contributed by atoms with Crippen LogP contribution in [0.5, 0.6) is 11.5 Å². The van der Waals surface area contributed by atoms with Gasteiger partial charge in [0, 0.05) is 6.21 Å². The van der Waals surface area contributed by atoms with Crippen LogP contribution in [0.15, 0.2) is 35.8 Å². The Bertz CT molecular complexity index is 819. The molecule has 0 radical (unpaired) electrons. The van der Waals surface area contributed by atoms with E-state index in [9.17, 15) is 9.67 Å². The zero-order valence-electron chi connectivity index (χ0n) is 15.8. The summed E-state index contributed by atoms with van der Waals surface area (Å²) in [5.41, 5.74) is 0.869. The average Bonchev–Trinajstić information content (AvgIpc) is 2.65. The number of phenolic OH excluding ortho intramolecular Hbond substituents is 1. The molecule has 2 rings (SSSR count). The van der Waals surface area contributed by atoms with Crippen molar-refractivity contribution in [3.8, 4) is 11.5 Å². The summed E-state index contributed by atoms with van der Waals surface area (Å²) >= 11 is 0. The smallest absolute Gasteiger partial charge is 0.343 e. The monoisotopic (exact) mass is 393 g/mol. The lowest BCUT2D eigenvalue weighted by molar-refractivity contribution is 0.217. The summed E-state index contributed by atoms with van der Waals surface area (Å²) in [6.45, 7) is 5.64. The van der Waals surface area contributed by atoms with Crippen LogP contribution in [0.1, 0.15) is 30.6 Å². The molecule has 1 heterocycles. The molecule has 0 amide bonds. The molecule has 27 heavy (non-hydrogen) atoms. The Morgan fingerprint density at radius 2 is 1.85 bits per heavy atom. The third-order valence-electron chi connectivity index (χ3n) is 3.72. The Balaban J connectivity index is 2.57. The van der Waals surface area contributed by atoms with E-state index < -0.39 is 13.3 Å². The van der Waals surface area contributed by atoms with Gasteiger partial charge in [-0.05, 0) is 38.0 Å². The van der Waals surface area contributed by atoms with Gasteiger partial charge in [-0.25, -0.2) is 9.97 Å². The first-order chi connectivity index (χ1) is 12.9. The van der Waals surface area contributed by atoms with Crippen LogP contribution in [0, 0.1) is 6.92 Å². The molecular weight excluding hydrogens is 369 g/mol. The number of aromatic nitrogens is 2.